The number of hydrogen-bond donors (Lipinski definition) is 2. The maximum atomic E-state index is 12.4. The van der Waals surface area contributed by atoms with Gasteiger partial charge in [0.25, 0.3) is 5.91 Å². The third-order valence-corrected chi connectivity index (χ3v) is 3.96. The van der Waals surface area contributed by atoms with Gasteiger partial charge in [0.1, 0.15) is 23.1 Å². The second-order valence-electron chi connectivity index (χ2n) is 4.81. The van der Waals surface area contributed by atoms with Gasteiger partial charge in [-0.3, -0.25) is 4.79 Å². The Bertz CT molecular complexity index is 844. The molecule has 2 N–H and O–H groups in total. The molecule has 7 heteroatoms. The van der Waals surface area contributed by atoms with E-state index in [1.54, 1.807) is 18.2 Å². The Morgan fingerprint density at radius 1 is 1.16 bits per heavy atom. The summed E-state index contributed by atoms with van der Waals surface area (Å²) >= 11 is 3.39. The van der Waals surface area contributed by atoms with Gasteiger partial charge in [0.2, 0.25) is 0 Å². The number of benzene rings is 2. The highest BCUT2D eigenvalue weighted by atomic mass is 79.9. The van der Waals surface area contributed by atoms with Crippen molar-refractivity contribution in [1.82, 2.24) is 0 Å². The molecule has 2 aromatic rings. The Balaban J connectivity index is 2.19. The smallest absolute Gasteiger partial charge is 0.267 e. The first-order chi connectivity index (χ1) is 12.1. The summed E-state index contributed by atoms with van der Waals surface area (Å²) in [6.45, 7) is 0. The molecule has 128 valence electrons. The molecule has 25 heavy (non-hydrogen) atoms. The van der Waals surface area contributed by atoms with Gasteiger partial charge in [-0.15, -0.1) is 0 Å². The van der Waals surface area contributed by atoms with Crippen LogP contribution < -0.4 is 20.1 Å². The van der Waals surface area contributed by atoms with Crippen LogP contribution in [0, 0.1) is 11.3 Å². The summed E-state index contributed by atoms with van der Waals surface area (Å²) in [6, 6.07) is 14.3. The second kappa shape index (κ2) is 8.76. The fourth-order valence-corrected chi connectivity index (χ4v) is 2.38. The molecule has 6 nitrogen and oxygen atoms in total. The molecule has 0 radical (unpaired) electrons. The molecule has 0 aliphatic rings. The van der Waals surface area contributed by atoms with Crippen molar-refractivity contribution in [2.75, 3.05) is 24.9 Å². The van der Waals surface area contributed by atoms with Crippen LogP contribution in [0.25, 0.3) is 0 Å². The number of ether oxygens (including phenoxy) is 2. The second-order valence-corrected chi connectivity index (χ2v) is 5.67. The minimum Gasteiger partial charge on any atom is -0.497 e. The molecule has 2 aromatic carbocycles. The van der Waals surface area contributed by atoms with E-state index in [1.165, 1.54) is 20.4 Å². The van der Waals surface area contributed by atoms with Crippen LogP contribution in [0.15, 0.2) is 58.7 Å². The van der Waals surface area contributed by atoms with Crippen molar-refractivity contribution < 1.29 is 14.3 Å². The molecule has 0 saturated carbocycles. The zero-order valence-electron chi connectivity index (χ0n) is 13.7. The Hall–Kier alpha value is -2.98. The first kappa shape index (κ1) is 18.4. The van der Waals surface area contributed by atoms with Crippen molar-refractivity contribution in [2.45, 2.75) is 0 Å². The van der Waals surface area contributed by atoms with Crippen LogP contribution in [0.3, 0.4) is 0 Å². The van der Waals surface area contributed by atoms with Gasteiger partial charge in [-0.2, -0.15) is 5.26 Å². The largest absolute Gasteiger partial charge is 0.497 e. The highest BCUT2D eigenvalue weighted by Crippen LogP contribution is 2.29. The highest BCUT2D eigenvalue weighted by Gasteiger charge is 2.13. The first-order valence-electron chi connectivity index (χ1n) is 7.23. The van der Waals surface area contributed by atoms with Crippen molar-refractivity contribution in [3.8, 4) is 17.6 Å². The molecule has 2 rings (SSSR count). The highest BCUT2D eigenvalue weighted by molar-refractivity contribution is 9.10. The predicted molar refractivity (Wildman–Crippen MR) is 99.6 cm³/mol. The lowest BCUT2D eigenvalue weighted by atomic mass is 10.2. The van der Waals surface area contributed by atoms with Gasteiger partial charge in [0.05, 0.1) is 25.6 Å². The molecular weight excluding hydrogens is 386 g/mol. The van der Waals surface area contributed by atoms with Gasteiger partial charge in [0.15, 0.2) is 0 Å². The molecule has 0 aromatic heterocycles. The molecular formula is C18H16BrN3O3. The number of amides is 1. The molecule has 1 amide bonds. The molecule has 0 fully saturated rings. The first-order valence-corrected chi connectivity index (χ1v) is 8.03. The monoisotopic (exact) mass is 401 g/mol. The number of nitrogens with zero attached hydrogens (tertiary/aromatic N) is 1. The molecule has 0 atom stereocenters. The zero-order chi connectivity index (χ0) is 18.2. The van der Waals surface area contributed by atoms with Crippen LogP contribution in [0.5, 0.6) is 11.5 Å². The summed E-state index contributed by atoms with van der Waals surface area (Å²) in [6.07, 6.45) is 1.35. The van der Waals surface area contributed by atoms with E-state index in [9.17, 15) is 10.1 Å². The Morgan fingerprint density at radius 3 is 2.56 bits per heavy atom. The molecule has 0 spiro atoms. The molecule has 0 unspecified atom stereocenters. The number of methoxy groups -OCH3 is 2. The third-order valence-electron chi connectivity index (χ3n) is 3.27. The Kier molecular flexibility index (Phi) is 6.43. The lowest BCUT2D eigenvalue weighted by molar-refractivity contribution is -0.112. The van der Waals surface area contributed by atoms with E-state index in [4.69, 9.17) is 9.47 Å². The number of nitriles is 1. The lowest BCUT2D eigenvalue weighted by Crippen LogP contribution is -2.15. The fraction of sp³-hybridized carbons (Fsp3) is 0.111. The number of hydrogen-bond acceptors (Lipinski definition) is 5. The third kappa shape index (κ3) is 4.75. The standard InChI is InChI=1S/C18H16BrN3O3/c1-24-13-7-8-17(25-2)16(9-13)22-18(23)12(10-20)11-21-15-6-4-3-5-14(15)19/h3-9,11,21H,1-2H3,(H,22,23)/b12-11-. The quantitative estimate of drug-likeness (QED) is 0.565. The van der Waals surface area contributed by atoms with Crippen LogP contribution in [-0.2, 0) is 4.79 Å². The maximum absolute atomic E-state index is 12.4. The number of para-hydroxylation sites is 1. The number of anilines is 2. The van der Waals surface area contributed by atoms with Crippen molar-refractivity contribution in [1.29, 1.82) is 5.26 Å². The van der Waals surface area contributed by atoms with Crippen molar-refractivity contribution >= 4 is 33.2 Å². The summed E-state index contributed by atoms with van der Waals surface area (Å²) < 4.78 is 11.2. The average Bonchev–Trinajstić information content (AvgIpc) is 2.63. The molecule has 0 heterocycles. The van der Waals surface area contributed by atoms with Crippen molar-refractivity contribution in [2.24, 2.45) is 0 Å². The van der Waals surface area contributed by atoms with Crippen LogP contribution in [-0.4, -0.2) is 20.1 Å². The van der Waals surface area contributed by atoms with Gasteiger partial charge >= 0.3 is 0 Å². The topological polar surface area (TPSA) is 83.4 Å². The van der Waals surface area contributed by atoms with E-state index in [-0.39, 0.29) is 5.57 Å². The van der Waals surface area contributed by atoms with E-state index in [2.05, 4.69) is 26.6 Å². The number of nitrogens with one attached hydrogen (secondary N) is 2. The average molecular weight is 402 g/mol. The van der Waals surface area contributed by atoms with E-state index < -0.39 is 5.91 Å². The van der Waals surface area contributed by atoms with Gasteiger partial charge < -0.3 is 20.1 Å². The maximum Gasteiger partial charge on any atom is 0.267 e. The zero-order valence-corrected chi connectivity index (χ0v) is 15.3. The number of rotatable bonds is 6. The summed E-state index contributed by atoms with van der Waals surface area (Å²) in [5.41, 5.74) is 1.07. The van der Waals surface area contributed by atoms with Gasteiger partial charge in [-0.25, -0.2) is 0 Å². The van der Waals surface area contributed by atoms with Crippen molar-refractivity contribution in [3.05, 3.63) is 58.7 Å². The SMILES string of the molecule is COc1ccc(OC)c(NC(=O)/C(C#N)=C\Nc2ccccc2Br)c1. The van der Waals surface area contributed by atoms with Crippen LogP contribution in [0.2, 0.25) is 0 Å². The van der Waals surface area contributed by atoms with Crippen molar-refractivity contribution in [3.63, 3.8) is 0 Å². The van der Waals surface area contributed by atoms with Gasteiger partial charge in [-0.1, -0.05) is 12.1 Å². The molecule has 0 saturated heterocycles. The molecule has 0 aliphatic heterocycles. The minimum absolute atomic E-state index is 0.0828. The molecule has 0 aliphatic carbocycles. The number of carbonyl (C=O) groups excluding carboxylic acids is 1. The predicted octanol–water partition coefficient (Wildman–Crippen LogP) is 3.92. The Morgan fingerprint density at radius 2 is 1.92 bits per heavy atom. The summed E-state index contributed by atoms with van der Waals surface area (Å²) in [7, 11) is 3.02. The van der Waals surface area contributed by atoms with Crippen LogP contribution in [0.1, 0.15) is 0 Å². The summed E-state index contributed by atoms with van der Waals surface area (Å²) in [5, 5.41) is 14.8. The molecule has 0 bridgehead atoms. The number of carbonyl (C=O) groups is 1. The minimum atomic E-state index is -0.561. The summed E-state index contributed by atoms with van der Waals surface area (Å²) in [5.74, 6) is 0.462. The lowest BCUT2D eigenvalue weighted by Gasteiger charge is -2.11. The number of halogens is 1. The van der Waals surface area contributed by atoms with Gasteiger partial charge in [0, 0.05) is 16.7 Å². The van der Waals surface area contributed by atoms with E-state index in [1.807, 2.05) is 30.3 Å². The summed E-state index contributed by atoms with van der Waals surface area (Å²) in [4.78, 5) is 12.4. The Labute approximate surface area is 154 Å². The van der Waals surface area contributed by atoms with E-state index in [0.717, 1.165) is 10.2 Å². The van der Waals surface area contributed by atoms with Crippen LogP contribution in [0.4, 0.5) is 11.4 Å². The van der Waals surface area contributed by atoms with E-state index >= 15 is 0 Å². The fourth-order valence-electron chi connectivity index (χ4n) is 1.98. The van der Waals surface area contributed by atoms with E-state index in [0.29, 0.717) is 17.2 Å². The normalized spacial score (nSPS) is 10.6. The van der Waals surface area contributed by atoms with Gasteiger partial charge in [-0.05, 0) is 40.2 Å². The van der Waals surface area contributed by atoms with Crippen LogP contribution >= 0.6 is 15.9 Å².